The summed E-state index contributed by atoms with van der Waals surface area (Å²) < 4.78 is 74.9. The molecule has 190 valence electrons. The third-order valence-electron chi connectivity index (χ3n) is 5.94. The summed E-state index contributed by atoms with van der Waals surface area (Å²) in [4.78, 5) is 15.0. The molecule has 2 N–H and O–H groups in total. The fourth-order valence-electron chi connectivity index (χ4n) is 4.16. The van der Waals surface area contributed by atoms with Crippen LogP contribution in [0.2, 0.25) is 0 Å². The van der Waals surface area contributed by atoms with Crippen LogP contribution in [0.25, 0.3) is 16.9 Å². The van der Waals surface area contributed by atoms with Crippen LogP contribution in [0, 0.1) is 0 Å². The average Bonchev–Trinajstić information content (AvgIpc) is 3.44. The van der Waals surface area contributed by atoms with Gasteiger partial charge in [-0.25, -0.2) is 15.0 Å². The first-order chi connectivity index (χ1) is 17.1. The number of alkyl halides is 5. The molecule has 1 aliphatic rings. The summed E-state index contributed by atoms with van der Waals surface area (Å²) in [5, 5.41) is 0.542. The third kappa shape index (κ3) is 4.72. The van der Waals surface area contributed by atoms with Crippen molar-refractivity contribution in [3.05, 3.63) is 59.5 Å². The highest BCUT2D eigenvalue weighted by molar-refractivity contribution is 7.15. The molecule has 0 bridgehead atoms. The number of fused-ring (bicyclic) bond motifs is 1. The molecular formula is C23H21F5N6OS. The SMILES string of the molecule is Nc1ncc(CN2CCC(Oc3ccc(-n4c(C(F)(F)C(F)(F)F)nc5cccnc54)cc3)CC2)s1. The number of hydrogen-bond donors (Lipinski definition) is 1. The predicted octanol–water partition coefficient (Wildman–Crippen LogP) is 5.16. The molecule has 1 fully saturated rings. The van der Waals surface area contributed by atoms with Gasteiger partial charge in [-0.3, -0.25) is 9.47 Å². The largest absolute Gasteiger partial charge is 0.490 e. The first-order valence-electron chi connectivity index (χ1n) is 11.1. The number of benzene rings is 1. The number of likely N-dealkylation sites (tertiary alicyclic amines) is 1. The number of nitrogens with zero attached hydrogens (tertiary/aromatic N) is 5. The van der Waals surface area contributed by atoms with Crippen molar-refractivity contribution < 1.29 is 26.7 Å². The molecule has 5 rings (SSSR count). The van der Waals surface area contributed by atoms with Crippen LogP contribution < -0.4 is 10.5 Å². The topological polar surface area (TPSA) is 82.1 Å². The van der Waals surface area contributed by atoms with Crippen LogP contribution in [0.5, 0.6) is 5.75 Å². The van der Waals surface area contributed by atoms with E-state index < -0.39 is 17.9 Å². The summed E-state index contributed by atoms with van der Waals surface area (Å²) in [6, 6.07) is 8.69. The number of anilines is 1. The van der Waals surface area contributed by atoms with Gasteiger partial charge in [-0.15, -0.1) is 11.3 Å². The molecular weight excluding hydrogens is 503 g/mol. The van der Waals surface area contributed by atoms with E-state index in [1.54, 1.807) is 18.3 Å². The van der Waals surface area contributed by atoms with Gasteiger partial charge >= 0.3 is 12.1 Å². The highest BCUT2D eigenvalue weighted by atomic mass is 32.1. The lowest BCUT2D eigenvalue weighted by molar-refractivity contribution is -0.292. The van der Waals surface area contributed by atoms with Crippen molar-refractivity contribution >= 4 is 27.6 Å². The second kappa shape index (κ2) is 9.28. The van der Waals surface area contributed by atoms with Crippen LogP contribution in [0.1, 0.15) is 23.5 Å². The minimum atomic E-state index is -5.81. The number of aromatic nitrogens is 4. The maximum atomic E-state index is 14.3. The number of nitrogen functional groups attached to an aromatic ring is 1. The number of rotatable bonds is 6. The third-order valence-corrected chi connectivity index (χ3v) is 6.75. The highest BCUT2D eigenvalue weighted by Crippen LogP contribution is 2.44. The fraction of sp³-hybridized carbons (Fsp3) is 0.348. The molecule has 0 amide bonds. The number of imidazole rings is 1. The summed E-state index contributed by atoms with van der Waals surface area (Å²) in [6.45, 7) is 2.42. The molecule has 1 aliphatic heterocycles. The second-order valence-corrected chi connectivity index (χ2v) is 9.59. The number of piperidine rings is 1. The maximum Gasteiger partial charge on any atom is 0.461 e. The van der Waals surface area contributed by atoms with Gasteiger partial charge in [0, 0.05) is 42.6 Å². The standard InChI is InChI=1S/C23H21F5N6OS/c24-22(25,23(26,27)28)20-32-18-2-1-9-30-19(18)34(20)14-3-5-15(6-4-14)35-16-7-10-33(11-8-16)13-17-12-31-21(29)36-17/h1-6,9,12,16H,7-8,10-11,13H2,(H2,29,31). The highest BCUT2D eigenvalue weighted by Gasteiger charge is 2.62. The van der Waals surface area contributed by atoms with Gasteiger partial charge in [0.15, 0.2) is 16.6 Å². The molecule has 4 heterocycles. The zero-order chi connectivity index (χ0) is 25.5. The summed E-state index contributed by atoms with van der Waals surface area (Å²) in [5.41, 5.74) is 5.59. The molecule has 3 aromatic heterocycles. The number of thiazole rings is 1. The lowest BCUT2D eigenvalue weighted by atomic mass is 10.1. The van der Waals surface area contributed by atoms with E-state index in [1.165, 1.54) is 41.8 Å². The van der Waals surface area contributed by atoms with E-state index in [9.17, 15) is 22.0 Å². The molecule has 0 unspecified atom stereocenters. The normalized spacial score (nSPS) is 16.0. The Bertz CT molecular complexity index is 1350. The van der Waals surface area contributed by atoms with E-state index in [-0.39, 0.29) is 23.0 Å². The Morgan fingerprint density at radius 3 is 2.39 bits per heavy atom. The van der Waals surface area contributed by atoms with Gasteiger partial charge in [0.2, 0.25) is 0 Å². The van der Waals surface area contributed by atoms with E-state index in [1.807, 2.05) is 0 Å². The van der Waals surface area contributed by atoms with E-state index in [2.05, 4.69) is 19.9 Å². The molecule has 13 heteroatoms. The zero-order valence-corrected chi connectivity index (χ0v) is 19.6. The van der Waals surface area contributed by atoms with Crippen molar-refractivity contribution in [2.24, 2.45) is 0 Å². The van der Waals surface area contributed by atoms with E-state index in [4.69, 9.17) is 10.5 Å². The predicted molar refractivity (Wildman–Crippen MR) is 124 cm³/mol. The van der Waals surface area contributed by atoms with Gasteiger partial charge < -0.3 is 10.5 Å². The number of hydrogen-bond acceptors (Lipinski definition) is 7. The van der Waals surface area contributed by atoms with Crippen molar-refractivity contribution in [3.8, 4) is 11.4 Å². The molecule has 0 saturated carbocycles. The summed E-state index contributed by atoms with van der Waals surface area (Å²) >= 11 is 1.46. The lowest BCUT2D eigenvalue weighted by Gasteiger charge is -2.31. The Morgan fingerprint density at radius 1 is 1.03 bits per heavy atom. The maximum absolute atomic E-state index is 14.3. The van der Waals surface area contributed by atoms with Gasteiger partial charge in [0.05, 0.1) is 0 Å². The molecule has 0 atom stereocenters. The summed E-state index contributed by atoms with van der Waals surface area (Å²) in [6.07, 6.45) is -1.19. The Kier molecular flexibility index (Phi) is 6.29. The smallest absolute Gasteiger partial charge is 0.461 e. The molecule has 4 aromatic rings. The lowest BCUT2D eigenvalue weighted by Crippen LogP contribution is -2.37. The van der Waals surface area contributed by atoms with E-state index in [0.717, 1.165) is 41.9 Å². The molecule has 7 nitrogen and oxygen atoms in total. The molecule has 0 spiro atoms. The zero-order valence-electron chi connectivity index (χ0n) is 18.8. The number of nitrogens with two attached hydrogens (primary N) is 1. The van der Waals surface area contributed by atoms with Crippen LogP contribution in [-0.4, -0.2) is 49.8 Å². The van der Waals surface area contributed by atoms with Crippen molar-refractivity contribution in [1.82, 2.24) is 24.4 Å². The van der Waals surface area contributed by atoms with Crippen LogP contribution in [0.15, 0.2) is 48.8 Å². The van der Waals surface area contributed by atoms with Gasteiger partial charge in [0.25, 0.3) is 0 Å². The first kappa shape index (κ1) is 24.4. The van der Waals surface area contributed by atoms with Gasteiger partial charge in [-0.05, 0) is 49.2 Å². The quantitative estimate of drug-likeness (QED) is 0.351. The minimum Gasteiger partial charge on any atom is -0.490 e. The van der Waals surface area contributed by atoms with Crippen LogP contribution in [0.3, 0.4) is 0 Å². The number of ether oxygens (including phenoxy) is 1. The van der Waals surface area contributed by atoms with Gasteiger partial charge in [-0.2, -0.15) is 22.0 Å². The van der Waals surface area contributed by atoms with Crippen molar-refractivity contribution in [1.29, 1.82) is 0 Å². The van der Waals surface area contributed by atoms with E-state index >= 15 is 0 Å². The number of pyridine rings is 1. The van der Waals surface area contributed by atoms with Crippen LogP contribution >= 0.6 is 11.3 Å². The summed E-state index contributed by atoms with van der Waals surface area (Å²) in [7, 11) is 0. The molecule has 36 heavy (non-hydrogen) atoms. The van der Waals surface area contributed by atoms with Crippen LogP contribution in [-0.2, 0) is 12.5 Å². The van der Waals surface area contributed by atoms with E-state index in [0.29, 0.717) is 10.9 Å². The molecule has 0 aliphatic carbocycles. The minimum absolute atomic E-state index is 0.0421. The first-order valence-corrected chi connectivity index (χ1v) is 11.9. The second-order valence-electron chi connectivity index (χ2n) is 8.44. The fourth-order valence-corrected chi connectivity index (χ4v) is 4.89. The van der Waals surface area contributed by atoms with Crippen molar-refractivity contribution in [2.45, 2.75) is 37.6 Å². The molecule has 1 saturated heterocycles. The summed E-state index contributed by atoms with van der Waals surface area (Å²) in [5.74, 6) is -6.11. The Morgan fingerprint density at radius 2 is 1.75 bits per heavy atom. The molecule has 0 radical (unpaired) electrons. The van der Waals surface area contributed by atoms with Crippen molar-refractivity contribution in [3.63, 3.8) is 0 Å². The Labute approximate surface area is 206 Å². The molecule has 1 aromatic carbocycles. The average molecular weight is 525 g/mol. The monoisotopic (exact) mass is 524 g/mol. The number of halogens is 5. The van der Waals surface area contributed by atoms with Crippen LogP contribution in [0.4, 0.5) is 27.1 Å². The Hall–Kier alpha value is -3.32. The van der Waals surface area contributed by atoms with Gasteiger partial charge in [0.1, 0.15) is 17.4 Å². The van der Waals surface area contributed by atoms with Crippen molar-refractivity contribution in [2.75, 3.05) is 18.8 Å². The Balaban J connectivity index is 1.31. The van der Waals surface area contributed by atoms with Gasteiger partial charge in [-0.1, -0.05) is 0 Å².